The summed E-state index contributed by atoms with van der Waals surface area (Å²) in [6.07, 6.45) is -0.457. The Hall–Kier alpha value is -2.67. The van der Waals surface area contributed by atoms with Crippen molar-refractivity contribution < 1.29 is 17.9 Å². The fraction of sp³-hybridized carbons (Fsp3) is 0.464. The molecule has 1 unspecified atom stereocenters. The molecule has 0 aliphatic carbocycles. The number of carbonyl (C=O) groups is 1. The lowest BCUT2D eigenvalue weighted by molar-refractivity contribution is 0.0359. The third kappa shape index (κ3) is 7.04. The number of amides is 1. The van der Waals surface area contributed by atoms with Gasteiger partial charge in [0.25, 0.3) is 5.56 Å². The molecular weight excluding hydrogens is 636 g/mol. The van der Waals surface area contributed by atoms with E-state index in [1.807, 2.05) is 20.8 Å². The molecule has 2 aromatic carbocycles. The predicted octanol–water partition coefficient (Wildman–Crippen LogP) is 4.25. The minimum Gasteiger partial charge on any atom is -0.446 e. The zero-order chi connectivity index (χ0) is 30.1. The molecule has 0 radical (unpaired) electrons. The van der Waals surface area contributed by atoms with E-state index in [1.165, 1.54) is 25.1 Å². The minimum atomic E-state index is -3.60. The standard InChI is InChI=1S/C28H34BrClN4O6S/c1-5-41(38,39)25-7-6-21(30)12-20(25)16-34-26(35)22-14-23(29)19(13-24(22)31-27(34)36)15-32-8-10-33(11-9-32)28(37)40-18(4)17(2)3/h6-7,12-14,17-18H,5,8-11,15-16H2,1-4H3,(H,31,36). The molecule has 1 atom stereocenters. The van der Waals surface area contributed by atoms with Crippen molar-refractivity contribution in [2.45, 2.75) is 51.8 Å². The van der Waals surface area contributed by atoms with E-state index in [0.717, 1.165) is 10.1 Å². The highest BCUT2D eigenvalue weighted by Gasteiger charge is 2.25. The molecule has 1 aromatic heterocycles. The molecule has 1 aliphatic rings. The number of nitrogens with one attached hydrogen (secondary N) is 1. The number of nitrogens with zero attached hydrogens (tertiary/aromatic N) is 3. The Balaban J connectivity index is 1.55. The maximum Gasteiger partial charge on any atom is 0.410 e. The molecular formula is C28H34BrClN4O6S. The van der Waals surface area contributed by atoms with Gasteiger partial charge in [-0.2, -0.15) is 0 Å². The third-order valence-electron chi connectivity index (χ3n) is 7.46. The number of rotatable bonds is 8. The molecule has 0 saturated carbocycles. The SMILES string of the molecule is CCS(=O)(=O)c1ccc(Cl)cc1Cn1c(=O)[nH]c2cc(CN3CCN(C(=O)OC(C)C(C)C)CC3)c(Br)cc2c1=O. The molecule has 13 heteroatoms. The summed E-state index contributed by atoms with van der Waals surface area (Å²) < 4.78 is 32.4. The highest BCUT2D eigenvalue weighted by atomic mass is 79.9. The highest BCUT2D eigenvalue weighted by molar-refractivity contribution is 9.10. The second-order valence-corrected chi connectivity index (χ2v) is 14.1. The van der Waals surface area contributed by atoms with Crippen molar-refractivity contribution in [3.05, 3.63) is 71.8 Å². The number of H-pyrrole nitrogens is 1. The number of sulfone groups is 1. The largest absolute Gasteiger partial charge is 0.446 e. The van der Waals surface area contributed by atoms with Crippen LogP contribution < -0.4 is 11.2 Å². The van der Waals surface area contributed by atoms with Gasteiger partial charge in [0.05, 0.1) is 28.1 Å². The lowest BCUT2D eigenvalue weighted by Gasteiger charge is -2.35. The van der Waals surface area contributed by atoms with Gasteiger partial charge in [0.2, 0.25) is 0 Å². The molecule has 4 rings (SSSR count). The molecule has 41 heavy (non-hydrogen) atoms. The van der Waals surface area contributed by atoms with Crippen LogP contribution in [0.25, 0.3) is 10.9 Å². The fourth-order valence-corrected chi connectivity index (χ4v) is 6.36. The maximum atomic E-state index is 13.4. The number of benzene rings is 2. The van der Waals surface area contributed by atoms with E-state index in [0.29, 0.717) is 47.7 Å². The van der Waals surface area contributed by atoms with Crippen LogP contribution in [0.4, 0.5) is 4.79 Å². The summed E-state index contributed by atoms with van der Waals surface area (Å²) in [6, 6.07) is 7.77. The number of hydrogen-bond acceptors (Lipinski definition) is 7. The fourth-order valence-electron chi connectivity index (χ4n) is 4.58. The summed E-state index contributed by atoms with van der Waals surface area (Å²) in [5.41, 5.74) is 0.327. The average molecular weight is 670 g/mol. The van der Waals surface area contributed by atoms with Crippen molar-refractivity contribution in [3.8, 4) is 0 Å². The van der Waals surface area contributed by atoms with E-state index in [9.17, 15) is 22.8 Å². The topological polar surface area (TPSA) is 122 Å². The predicted molar refractivity (Wildman–Crippen MR) is 162 cm³/mol. The number of hydrogen-bond donors (Lipinski definition) is 1. The molecule has 0 spiro atoms. The van der Waals surface area contributed by atoms with E-state index in [4.69, 9.17) is 16.3 Å². The number of piperazine rings is 1. The Kier molecular flexibility index (Phi) is 9.67. The molecule has 1 fully saturated rings. The molecule has 10 nitrogen and oxygen atoms in total. The lowest BCUT2D eigenvalue weighted by Crippen LogP contribution is -2.49. The van der Waals surface area contributed by atoms with Gasteiger partial charge in [-0.3, -0.25) is 14.3 Å². The van der Waals surface area contributed by atoms with Gasteiger partial charge in [0.1, 0.15) is 6.10 Å². The van der Waals surface area contributed by atoms with Crippen LogP contribution in [-0.2, 0) is 27.7 Å². The molecule has 1 amide bonds. The average Bonchev–Trinajstić information content (AvgIpc) is 2.92. The van der Waals surface area contributed by atoms with Crippen LogP contribution in [0.1, 0.15) is 38.8 Å². The van der Waals surface area contributed by atoms with E-state index >= 15 is 0 Å². The van der Waals surface area contributed by atoms with E-state index in [2.05, 4.69) is 25.8 Å². The first kappa shape index (κ1) is 31.3. The Morgan fingerprint density at radius 3 is 2.37 bits per heavy atom. The van der Waals surface area contributed by atoms with Crippen molar-refractivity contribution in [1.82, 2.24) is 19.4 Å². The zero-order valence-electron chi connectivity index (χ0n) is 23.4. The van der Waals surface area contributed by atoms with Gasteiger partial charge in [-0.25, -0.2) is 18.0 Å². The number of aromatic nitrogens is 2. The van der Waals surface area contributed by atoms with Crippen LogP contribution in [0.3, 0.4) is 0 Å². The van der Waals surface area contributed by atoms with Crippen LogP contribution >= 0.6 is 27.5 Å². The van der Waals surface area contributed by atoms with E-state index in [-0.39, 0.29) is 46.3 Å². The first-order valence-corrected chi connectivity index (χ1v) is 16.3. The molecule has 3 aromatic rings. The first-order chi connectivity index (χ1) is 19.3. The normalized spacial score (nSPS) is 15.4. The molecule has 1 saturated heterocycles. The second-order valence-electron chi connectivity index (χ2n) is 10.6. The quantitative estimate of drug-likeness (QED) is 0.381. The molecule has 0 bridgehead atoms. The summed E-state index contributed by atoms with van der Waals surface area (Å²) in [5.74, 6) is 0.115. The summed E-state index contributed by atoms with van der Waals surface area (Å²) in [5, 5.41) is 0.588. The van der Waals surface area contributed by atoms with Crippen LogP contribution in [0, 0.1) is 5.92 Å². The van der Waals surface area contributed by atoms with Crippen LogP contribution in [-0.4, -0.2) is 71.9 Å². The molecule has 1 aliphatic heterocycles. The van der Waals surface area contributed by atoms with Crippen molar-refractivity contribution in [2.24, 2.45) is 5.92 Å². The summed E-state index contributed by atoms with van der Waals surface area (Å²) in [6.45, 7) is 10.1. The van der Waals surface area contributed by atoms with Gasteiger partial charge < -0.3 is 14.6 Å². The number of halogens is 2. The maximum absolute atomic E-state index is 13.4. The summed E-state index contributed by atoms with van der Waals surface area (Å²) in [4.78, 5) is 45.6. The third-order valence-corrected chi connectivity index (χ3v) is 10.3. The summed E-state index contributed by atoms with van der Waals surface area (Å²) >= 11 is 9.69. The Labute approximate surface area is 252 Å². The van der Waals surface area contributed by atoms with Gasteiger partial charge >= 0.3 is 11.8 Å². The van der Waals surface area contributed by atoms with Crippen molar-refractivity contribution in [2.75, 3.05) is 31.9 Å². The van der Waals surface area contributed by atoms with Gasteiger partial charge in [0, 0.05) is 42.2 Å². The first-order valence-electron chi connectivity index (χ1n) is 13.4. The van der Waals surface area contributed by atoms with Crippen LogP contribution in [0.2, 0.25) is 5.02 Å². The van der Waals surface area contributed by atoms with Gasteiger partial charge in [-0.15, -0.1) is 0 Å². The minimum absolute atomic E-state index is 0.0371. The smallest absolute Gasteiger partial charge is 0.410 e. The zero-order valence-corrected chi connectivity index (χ0v) is 26.6. The number of carbonyl (C=O) groups excluding carboxylic acids is 1. The van der Waals surface area contributed by atoms with Gasteiger partial charge in [0.15, 0.2) is 9.84 Å². The second kappa shape index (κ2) is 12.7. The Morgan fingerprint density at radius 2 is 1.73 bits per heavy atom. The van der Waals surface area contributed by atoms with Crippen molar-refractivity contribution >= 4 is 54.4 Å². The molecule has 1 N–H and O–H groups in total. The summed E-state index contributed by atoms with van der Waals surface area (Å²) in [7, 11) is -3.60. The van der Waals surface area contributed by atoms with Gasteiger partial charge in [-0.05, 0) is 54.3 Å². The monoisotopic (exact) mass is 668 g/mol. The van der Waals surface area contributed by atoms with Crippen LogP contribution in [0.5, 0.6) is 0 Å². The van der Waals surface area contributed by atoms with Crippen LogP contribution in [0.15, 0.2) is 49.3 Å². The van der Waals surface area contributed by atoms with E-state index in [1.54, 1.807) is 17.0 Å². The van der Waals surface area contributed by atoms with Gasteiger partial charge in [-0.1, -0.05) is 48.3 Å². The molecule has 222 valence electrons. The molecule has 2 heterocycles. The lowest BCUT2D eigenvalue weighted by atomic mass is 10.1. The van der Waals surface area contributed by atoms with Crippen molar-refractivity contribution in [3.63, 3.8) is 0 Å². The number of ether oxygens (including phenoxy) is 1. The number of aromatic amines is 1. The Bertz CT molecular complexity index is 1680. The highest BCUT2D eigenvalue weighted by Crippen LogP contribution is 2.25. The van der Waals surface area contributed by atoms with Crippen molar-refractivity contribution in [1.29, 1.82) is 0 Å². The Morgan fingerprint density at radius 1 is 1.05 bits per heavy atom. The number of fused-ring (bicyclic) bond motifs is 1. The van der Waals surface area contributed by atoms with E-state index < -0.39 is 21.1 Å².